The minimum Gasteiger partial charge on any atom is -0.372 e. The Balaban J connectivity index is 1.26. The lowest BCUT2D eigenvalue weighted by Gasteiger charge is -2.28. The molecule has 7 heteroatoms. The van der Waals surface area contributed by atoms with E-state index >= 15 is 0 Å². The zero-order chi connectivity index (χ0) is 17.1. The summed E-state index contributed by atoms with van der Waals surface area (Å²) in [5.74, 6) is 1.79. The summed E-state index contributed by atoms with van der Waals surface area (Å²) in [6.45, 7) is 2.25. The number of aromatic nitrogens is 3. The predicted molar refractivity (Wildman–Crippen MR) is 100 cm³/mol. The molecule has 6 nitrogen and oxygen atoms in total. The van der Waals surface area contributed by atoms with Crippen molar-refractivity contribution < 1.29 is 4.79 Å². The van der Waals surface area contributed by atoms with Gasteiger partial charge in [-0.2, -0.15) is 0 Å². The van der Waals surface area contributed by atoms with Gasteiger partial charge in [0.1, 0.15) is 5.82 Å². The molecule has 25 heavy (non-hydrogen) atoms. The van der Waals surface area contributed by atoms with Gasteiger partial charge in [0.05, 0.1) is 5.75 Å². The number of hydrogen-bond acceptors (Lipinski definition) is 5. The number of carbonyl (C=O) groups is 1. The molecule has 132 valence electrons. The van der Waals surface area contributed by atoms with E-state index in [-0.39, 0.29) is 5.91 Å². The highest BCUT2D eigenvalue weighted by Crippen LogP contribution is 2.38. The number of amides is 1. The monoisotopic (exact) mass is 357 g/mol. The number of benzene rings is 1. The van der Waals surface area contributed by atoms with Crippen molar-refractivity contribution >= 4 is 29.0 Å². The van der Waals surface area contributed by atoms with Crippen LogP contribution in [0.5, 0.6) is 0 Å². The number of thioether (sulfide) groups is 1. The number of anilines is 2. The maximum atomic E-state index is 12.1. The number of H-pyrrole nitrogens is 1. The molecule has 0 atom stereocenters. The van der Waals surface area contributed by atoms with E-state index in [4.69, 9.17) is 0 Å². The maximum absolute atomic E-state index is 12.1. The Bertz CT molecular complexity index is 719. The summed E-state index contributed by atoms with van der Waals surface area (Å²) >= 11 is 1.37. The van der Waals surface area contributed by atoms with Crippen LogP contribution in [-0.4, -0.2) is 39.9 Å². The first-order valence-corrected chi connectivity index (χ1v) is 9.96. The van der Waals surface area contributed by atoms with Crippen LogP contribution in [0.1, 0.15) is 43.8 Å². The van der Waals surface area contributed by atoms with Crippen LogP contribution in [0.4, 0.5) is 11.4 Å². The normalized spacial score (nSPS) is 17.5. The number of rotatable bonds is 6. The highest BCUT2D eigenvalue weighted by molar-refractivity contribution is 7.99. The van der Waals surface area contributed by atoms with E-state index in [9.17, 15) is 4.79 Å². The second kappa shape index (κ2) is 7.47. The zero-order valence-corrected chi connectivity index (χ0v) is 15.0. The molecule has 1 saturated carbocycles. The third-order valence-electron chi connectivity index (χ3n) is 4.65. The second-order valence-electron chi connectivity index (χ2n) is 6.71. The molecular weight excluding hydrogens is 334 g/mol. The van der Waals surface area contributed by atoms with Gasteiger partial charge in [0.25, 0.3) is 0 Å². The van der Waals surface area contributed by atoms with Crippen molar-refractivity contribution in [3.05, 3.63) is 30.1 Å². The van der Waals surface area contributed by atoms with Gasteiger partial charge in [0, 0.05) is 30.4 Å². The number of aromatic amines is 1. The Morgan fingerprint density at radius 2 is 1.96 bits per heavy atom. The van der Waals surface area contributed by atoms with Crippen molar-refractivity contribution in [3.8, 4) is 0 Å². The third kappa shape index (κ3) is 4.34. The van der Waals surface area contributed by atoms with Gasteiger partial charge >= 0.3 is 0 Å². The van der Waals surface area contributed by atoms with Crippen molar-refractivity contribution in [1.82, 2.24) is 15.2 Å². The molecule has 0 radical (unpaired) electrons. The molecule has 0 unspecified atom stereocenters. The predicted octanol–water partition coefficient (Wildman–Crippen LogP) is 3.40. The summed E-state index contributed by atoms with van der Waals surface area (Å²) in [6, 6.07) is 8.13. The van der Waals surface area contributed by atoms with Gasteiger partial charge in [-0.25, -0.2) is 4.98 Å². The molecule has 0 spiro atoms. The molecule has 1 aromatic carbocycles. The van der Waals surface area contributed by atoms with Crippen LogP contribution in [0.2, 0.25) is 0 Å². The number of piperidine rings is 1. The summed E-state index contributed by atoms with van der Waals surface area (Å²) < 4.78 is 0. The minimum atomic E-state index is -0.0338. The fourth-order valence-corrected chi connectivity index (χ4v) is 3.70. The number of nitrogens with zero attached hydrogens (tertiary/aromatic N) is 3. The van der Waals surface area contributed by atoms with Crippen molar-refractivity contribution in [3.63, 3.8) is 0 Å². The van der Waals surface area contributed by atoms with Crippen molar-refractivity contribution in [1.29, 1.82) is 0 Å². The SMILES string of the molecule is O=C(CSc1n[nH]c(C2CC2)n1)Nc1ccc(N2CCCCC2)cc1. The van der Waals surface area contributed by atoms with Gasteiger partial charge < -0.3 is 10.2 Å². The van der Waals surface area contributed by atoms with E-state index in [0.29, 0.717) is 16.8 Å². The molecular formula is C18H23N5OS. The number of carbonyl (C=O) groups excluding carboxylic acids is 1. The Morgan fingerprint density at radius 1 is 1.20 bits per heavy atom. The Morgan fingerprint density at radius 3 is 2.68 bits per heavy atom. The van der Waals surface area contributed by atoms with E-state index in [0.717, 1.165) is 24.6 Å². The van der Waals surface area contributed by atoms with E-state index in [1.165, 1.54) is 49.6 Å². The van der Waals surface area contributed by atoms with Crippen LogP contribution < -0.4 is 10.2 Å². The molecule has 2 heterocycles. The second-order valence-corrected chi connectivity index (χ2v) is 7.65. The van der Waals surface area contributed by atoms with Gasteiger partial charge in [0.15, 0.2) is 0 Å². The van der Waals surface area contributed by atoms with Crippen LogP contribution in [-0.2, 0) is 4.79 Å². The van der Waals surface area contributed by atoms with Crippen LogP contribution in [0, 0.1) is 0 Å². The van der Waals surface area contributed by atoms with E-state index in [1.807, 2.05) is 12.1 Å². The first kappa shape index (κ1) is 16.4. The van der Waals surface area contributed by atoms with Gasteiger partial charge in [-0.3, -0.25) is 9.89 Å². The van der Waals surface area contributed by atoms with Gasteiger partial charge in [-0.1, -0.05) is 11.8 Å². The number of nitrogens with one attached hydrogen (secondary N) is 2. The average molecular weight is 357 g/mol. The highest BCUT2D eigenvalue weighted by atomic mass is 32.2. The van der Waals surface area contributed by atoms with Crippen LogP contribution in [0.3, 0.4) is 0 Å². The lowest BCUT2D eigenvalue weighted by molar-refractivity contribution is -0.113. The molecule has 4 rings (SSSR count). The molecule has 1 aliphatic carbocycles. The molecule has 2 N–H and O–H groups in total. The van der Waals surface area contributed by atoms with Crippen LogP contribution in [0.25, 0.3) is 0 Å². The lowest BCUT2D eigenvalue weighted by Crippen LogP contribution is -2.29. The molecule has 1 saturated heterocycles. The fraction of sp³-hybridized carbons (Fsp3) is 0.500. The minimum absolute atomic E-state index is 0.0338. The maximum Gasteiger partial charge on any atom is 0.234 e. The average Bonchev–Trinajstić information content (AvgIpc) is 3.40. The van der Waals surface area contributed by atoms with Gasteiger partial charge in [0.2, 0.25) is 11.1 Å². The highest BCUT2D eigenvalue weighted by Gasteiger charge is 2.27. The smallest absolute Gasteiger partial charge is 0.234 e. The fourth-order valence-electron chi connectivity index (χ4n) is 3.10. The summed E-state index contributed by atoms with van der Waals surface area (Å²) in [5, 5.41) is 10.7. The molecule has 2 aliphatic rings. The standard InChI is InChI=1S/C18H23N5OS/c24-16(12-25-18-20-17(21-22-18)13-4-5-13)19-14-6-8-15(9-7-14)23-10-2-1-3-11-23/h6-9,13H,1-5,10-12H2,(H,19,24)(H,20,21,22). The third-order valence-corrected chi connectivity index (χ3v) is 5.50. The number of hydrogen-bond donors (Lipinski definition) is 2. The quantitative estimate of drug-likeness (QED) is 0.775. The van der Waals surface area contributed by atoms with Crippen molar-refractivity contribution in [2.75, 3.05) is 29.1 Å². The Labute approximate surface area is 151 Å². The van der Waals surface area contributed by atoms with Crippen LogP contribution in [0.15, 0.2) is 29.4 Å². The Hall–Kier alpha value is -2.02. The Kier molecular flexibility index (Phi) is 4.92. The molecule has 2 fully saturated rings. The molecule has 2 aromatic rings. The zero-order valence-electron chi connectivity index (χ0n) is 14.2. The summed E-state index contributed by atoms with van der Waals surface area (Å²) in [7, 11) is 0. The van der Waals surface area contributed by atoms with Crippen molar-refractivity contribution in [2.45, 2.75) is 43.2 Å². The molecule has 0 bridgehead atoms. The first-order chi connectivity index (χ1) is 12.3. The van der Waals surface area contributed by atoms with Gasteiger partial charge in [-0.05, 0) is 56.4 Å². The molecule has 1 aliphatic heterocycles. The molecule has 1 aromatic heterocycles. The topological polar surface area (TPSA) is 73.9 Å². The lowest BCUT2D eigenvalue weighted by atomic mass is 10.1. The summed E-state index contributed by atoms with van der Waals surface area (Å²) in [6.07, 6.45) is 6.23. The van der Waals surface area contributed by atoms with Crippen LogP contribution >= 0.6 is 11.8 Å². The molecule has 1 amide bonds. The summed E-state index contributed by atoms with van der Waals surface area (Å²) in [5.41, 5.74) is 2.07. The largest absolute Gasteiger partial charge is 0.372 e. The summed E-state index contributed by atoms with van der Waals surface area (Å²) in [4.78, 5) is 19.0. The van der Waals surface area contributed by atoms with Crippen molar-refractivity contribution in [2.24, 2.45) is 0 Å². The van der Waals surface area contributed by atoms with E-state index in [1.54, 1.807) is 0 Å². The van der Waals surface area contributed by atoms with E-state index < -0.39 is 0 Å². The van der Waals surface area contributed by atoms with E-state index in [2.05, 4.69) is 37.5 Å². The first-order valence-electron chi connectivity index (χ1n) is 8.98. The van der Waals surface area contributed by atoms with Gasteiger partial charge in [-0.15, -0.1) is 5.10 Å².